The molecule has 24 heavy (non-hydrogen) atoms. The highest BCUT2D eigenvalue weighted by Gasteiger charge is 2.17. The Kier molecular flexibility index (Phi) is 7.05. The first kappa shape index (κ1) is 19.3. The average molecular weight is 326 g/mol. The summed E-state index contributed by atoms with van der Waals surface area (Å²) in [4.78, 5) is 12.5. The number of nitrogens with one attached hydrogen (secondary N) is 1. The molecule has 0 aromatic heterocycles. The molecule has 0 bridgehead atoms. The number of ether oxygens (including phenoxy) is 1. The lowest BCUT2D eigenvalue weighted by Gasteiger charge is -2.16. The third-order valence-electron chi connectivity index (χ3n) is 3.83. The van der Waals surface area contributed by atoms with Crippen molar-refractivity contribution >= 4 is 11.6 Å². The van der Waals surface area contributed by atoms with Crippen LogP contribution in [0.25, 0.3) is 5.70 Å². The van der Waals surface area contributed by atoms with E-state index in [9.17, 15) is 4.79 Å². The molecule has 0 atom stereocenters. The zero-order chi connectivity index (χ0) is 18.3. The number of carbonyl (C=O) groups excluding carboxylic acids is 1. The number of hydrogen-bond donors (Lipinski definition) is 2. The molecule has 0 aliphatic heterocycles. The molecule has 0 fully saturated rings. The van der Waals surface area contributed by atoms with E-state index in [1.165, 1.54) is 0 Å². The van der Waals surface area contributed by atoms with Crippen LogP contribution in [-0.4, -0.2) is 13.0 Å². The molecule has 0 spiro atoms. The number of carbonyl (C=O) groups is 1. The maximum absolute atomic E-state index is 12.5. The number of allylic oxidation sites excluding steroid dienone is 4. The molecule has 0 radical (unpaired) electrons. The highest BCUT2D eigenvalue weighted by atomic mass is 16.5. The molecular formula is C20H26N2O2. The van der Waals surface area contributed by atoms with Crippen molar-refractivity contribution in [2.24, 2.45) is 5.73 Å². The predicted molar refractivity (Wildman–Crippen MR) is 100 cm³/mol. The van der Waals surface area contributed by atoms with Crippen molar-refractivity contribution in [1.82, 2.24) is 5.32 Å². The molecule has 4 heteroatoms. The molecule has 0 saturated carbocycles. The Bertz CT molecular complexity index is 725. The van der Waals surface area contributed by atoms with E-state index < -0.39 is 0 Å². The zero-order valence-corrected chi connectivity index (χ0v) is 15.1. The molecule has 3 N–H and O–H groups in total. The molecule has 1 amide bonds. The van der Waals surface area contributed by atoms with Gasteiger partial charge in [0, 0.05) is 16.8 Å². The summed E-state index contributed by atoms with van der Waals surface area (Å²) in [5.74, 6) is 0.389. The standard InChI is InChI=1S/C20H26N2O2/c1-7-9-16(10-8-2)22-20(23)15(5)19(21)18-14(4)13(3)11-12-17(18)24-6/h7-12H,1,21H2,2-6H3,(H,22,23)/b10-8-,16-9+,19-15-. The summed E-state index contributed by atoms with van der Waals surface area (Å²) in [6.07, 6.45) is 6.97. The fourth-order valence-electron chi connectivity index (χ4n) is 2.28. The maximum Gasteiger partial charge on any atom is 0.253 e. The second kappa shape index (κ2) is 8.77. The number of benzene rings is 1. The Morgan fingerprint density at radius 2 is 2.00 bits per heavy atom. The molecule has 0 aliphatic rings. The van der Waals surface area contributed by atoms with Crippen molar-refractivity contribution in [2.45, 2.75) is 27.7 Å². The summed E-state index contributed by atoms with van der Waals surface area (Å²) in [5, 5.41) is 2.83. The van der Waals surface area contributed by atoms with Gasteiger partial charge in [-0.15, -0.1) is 0 Å². The van der Waals surface area contributed by atoms with Gasteiger partial charge in [-0.3, -0.25) is 4.79 Å². The summed E-state index contributed by atoms with van der Waals surface area (Å²) in [5.41, 5.74) is 10.6. The second-order valence-corrected chi connectivity index (χ2v) is 5.44. The van der Waals surface area contributed by atoms with Crippen LogP contribution >= 0.6 is 0 Å². The van der Waals surface area contributed by atoms with Gasteiger partial charge in [-0.1, -0.05) is 24.8 Å². The van der Waals surface area contributed by atoms with Crippen LogP contribution in [0.15, 0.2) is 54.3 Å². The van der Waals surface area contributed by atoms with Crippen molar-refractivity contribution in [3.8, 4) is 5.75 Å². The Hall–Kier alpha value is -2.75. The molecule has 0 saturated heterocycles. The fourth-order valence-corrected chi connectivity index (χ4v) is 2.28. The van der Waals surface area contributed by atoms with E-state index in [1.807, 2.05) is 39.0 Å². The molecule has 1 aromatic rings. The minimum Gasteiger partial charge on any atom is -0.496 e. The van der Waals surface area contributed by atoms with Gasteiger partial charge in [0.15, 0.2) is 0 Å². The van der Waals surface area contributed by atoms with Gasteiger partial charge in [-0.25, -0.2) is 0 Å². The molecule has 1 rings (SSSR count). The van der Waals surface area contributed by atoms with E-state index in [4.69, 9.17) is 10.5 Å². The van der Waals surface area contributed by atoms with Crippen LogP contribution in [0.3, 0.4) is 0 Å². The van der Waals surface area contributed by atoms with Gasteiger partial charge in [-0.2, -0.15) is 0 Å². The first-order valence-electron chi connectivity index (χ1n) is 7.75. The topological polar surface area (TPSA) is 64.4 Å². The Morgan fingerprint density at radius 1 is 1.33 bits per heavy atom. The van der Waals surface area contributed by atoms with Crippen LogP contribution in [0.1, 0.15) is 30.5 Å². The summed E-state index contributed by atoms with van der Waals surface area (Å²) in [7, 11) is 1.59. The average Bonchev–Trinajstić information content (AvgIpc) is 2.56. The number of nitrogens with two attached hydrogens (primary N) is 1. The highest BCUT2D eigenvalue weighted by Crippen LogP contribution is 2.30. The normalized spacial score (nSPS) is 12.8. The molecule has 4 nitrogen and oxygen atoms in total. The number of methoxy groups -OCH3 is 1. The predicted octanol–water partition coefficient (Wildman–Crippen LogP) is 3.76. The van der Waals surface area contributed by atoms with Gasteiger partial charge in [-0.05, 0) is 57.0 Å². The van der Waals surface area contributed by atoms with E-state index in [1.54, 1.807) is 32.3 Å². The molecule has 128 valence electrons. The molecule has 0 heterocycles. The van der Waals surface area contributed by atoms with Crippen molar-refractivity contribution in [3.05, 3.63) is 71.0 Å². The van der Waals surface area contributed by atoms with E-state index >= 15 is 0 Å². The lowest BCUT2D eigenvalue weighted by molar-refractivity contribution is -0.116. The van der Waals surface area contributed by atoms with Gasteiger partial charge in [0.25, 0.3) is 5.91 Å². The highest BCUT2D eigenvalue weighted by molar-refractivity contribution is 6.01. The van der Waals surface area contributed by atoms with Crippen LogP contribution in [-0.2, 0) is 4.79 Å². The lowest BCUT2D eigenvalue weighted by atomic mass is 9.97. The van der Waals surface area contributed by atoms with Crippen LogP contribution < -0.4 is 15.8 Å². The quantitative estimate of drug-likeness (QED) is 0.618. The third kappa shape index (κ3) is 4.38. The van der Waals surface area contributed by atoms with Crippen LogP contribution in [0, 0.1) is 13.8 Å². The van der Waals surface area contributed by atoms with Crippen molar-refractivity contribution in [3.63, 3.8) is 0 Å². The van der Waals surface area contributed by atoms with Crippen LogP contribution in [0.5, 0.6) is 5.75 Å². The number of amides is 1. The maximum atomic E-state index is 12.5. The smallest absolute Gasteiger partial charge is 0.253 e. The Morgan fingerprint density at radius 3 is 2.54 bits per heavy atom. The first-order chi connectivity index (χ1) is 11.4. The minimum absolute atomic E-state index is 0.262. The third-order valence-corrected chi connectivity index (χ3v) is 3.83. The van der Waals surface area contributed by atoms with Gasteiger partial charge >= 0.3 is 0 Å². The summed E-state index contributed by atoms with van der Waals surface area (Å²) >= 11 is 0. The minimum atomic E-state index is -0.262. The Balaban J connectivity index is 3.31. The van der Waals surface area contributed by atoms with E-state index in [0.29, 0.717) is 22.7 Å². The lowest BCUT2D eigenvalue weighted by Crippen LogP contribution is -2.24. The molecular weight excluding hydrogens is 300 g/mol. The number of hydrogen-bond acceptors (Lipinski definition) is 3. The summed E-state index contributed by atoms with van der Waals surface area (Å²) < 4.78 is 5.41. The van der Waals surface area contributed by atoms with Crippen molar-refractivity contribution < 1.29 is 9.53 Å². The van der Waals surface area contributed by atoms with Crippen molar-refractivity contribution in [2.75, 3.05) is 7.11 Å². The first-order valence-corrected chi connectivity index (χ1v) is 7.75. The van der Waals surface area contributed by atoms with E-state index in [2.05, 4.69) is 11.9 Å². The van der Waals surface area contributed by atoms with Crippen molar-refractivity contribution in [1.29, 1.82) is 0 Å². The van der Waals surface area contributed by atoms with Gasteiger partial charge in [0.05, 0.1) is 12.8 Å². The molecule has 0 unspecified atom stereocenters. The fraction of sp³-hybridized carbons (Fsp3) is 0.250. The van der Waals surface area contributed by atoms with E-state index in [0.717, 1.165) is 16.7 Å². The van der Waals surface area contributed by atoms with Gasteiger partial charge < -0.3 is 15.8 Å². The second-order valence-electron chi connectivity index (χ2n) is 5.44. The molecule has 1 aromatic carbocycles. The van der Waals surface area contributed by atoms with Gasteiger partial charge in [0.1, 0.15) is 5.75 Å². The van der Waals surface area contributed by atoms with Gasteiger partial charge in [0.2, 0.25) is 0 Å². The number of aryl methyl sites for hydroxylation is 1. The monoisotopic (exact) mass is 326 g/mol. The van der Waals surface area contributed by atoms with Crippen LogP contribution in [0.2, 0.25) is 0 Å². The largest absolute Gasteiger partial charge is 0.496 e. The Labute approximate surface area is 144 Å². The summed E-state index contributed by atoms with van der Waals surface area (Å²) in [6, 6.07) is 3.83. The molecule has 0 aliphatic carbocycles. The zero-order valence-electron chi connectivity index (χ0n) is 15.1. The number of rotatable bonds is 6. The van der Waals surface area contributed by atoms with E-state index in [-0.39, 0.29) is 5.91 Å². The SMILES string of the molecule is C=C/C=C(\C=C/C)NC(=O)/C(C)=C(\N)c1c(OC)ccc(C)c1C. The summed E-state index contributed by atoms with van der Waals surface area (Å²) in [6.45, 7) is 11.2. The van der Waals surface area contributed by atoms with Crippen LogP contribution in [0.4, 0.5) is 0 Å².